The average Bonchev–Trinajstić information content (AvgIpc) is 2.30. The van der Waals surface area contributed by atoms with E-state index in [1.165, 1.54) is 0 Å². The van der Waals surface area contributed by atoms with Gasteiger partial charge in [0.05, 0.1) is 5.69 Å². The highest BCUT2D eigenvalue weighted by Crippen LogP contribution is 2.25. The topological polar surface area (TPSA) is 49.3 Å². The first-order chi connectivity index (χ1) is 8.16. The zero-order valence-electron chi connectivity index (χ0n) is 9.99. The second-order valence-electron chi connectivity index (χ2n) is 4.46. The SMILES string of the molecule is Cc1ccc(N/C=C2/CCCCC2=O)c(O)c1. The van der Waals surface area contributed by atoms with Crippen molar-refractivity contribution in [1.82, 2.24) is 0 Å². The number of phenols is 1. The molecular formula is C14H17NO2. The molecule has 0 aliphatic heterocycles. The number of carbonyl (C=O) groups excluding carboxylic acids is 1. The minimum Gasteiger partial charge on any atom is -0.506 e. The number of hydrogen-bond acceptors (Lipinski definition) is 3. The minimum absolute atomic E-state index is 0.213. The van der Waals surface area contributed by atoms with Crippen LogP contribution in [0.4, 0.5) is 5.69 Å². The summed E-state index contributed by atoms with van der Waals surface area (Å²) in [5.74, 6) is 0.431. The molecule has 1 saturated carbocycles. The summed E-state index contributed by atoms with van der Waals surface area (Å²) in [6, 6.07) is 5.43. The molecule has 0 unspecified atom stereocenters. The van der Waals surface area contributed by atoms with E-state index in [4.69, 9.17) is 0 Å². The van der Waals surface area contributed by atoms with Gasteiger partial charge in [0, 0.05) is 18.2 Å². The summed E-state index contributed by atoms with van der Waals surface area (Å²) in [5.41, 5.74) is 2.48. The summed E-state index contributed by atoms with van der Waals surface area (Å²) < 4.78 is 0. The summed E-state index contributed by atoms with van der Waals surface area (Å²) in [4.78, 5) is 11.6. The minimum atomic E-state index is 0.213. The number of phenolic OH excluding ortho intramolecular Hbond substituents is 1. The third-order valence-corrected chi connectivity index (χ3v) is 3.01. The Morgan fingerprint density at radius 2 is 2.06 bits per heavy atom. The third kappa shape index (κ3) is 2.87. The molecule has 3 nitrogen and oxygen atoms in total. The fourth-order valence-corrected chi connectivity index (χ4v) is 1.98. The lowest BCUT2D eigenvalue weighted by molar-refractivity contribution is -0.116. The van der Waals surface area contributed by atoms with Crippen molar-refractivity contribution in [2.45, 2.75) is 32.6 Å². The van der Waals surface area contributed by atoms with Gasteiger partial charge in [0.25, 0.3) is 0 Å². The van der Waals surface area contributed by atoms with Crippen LogP contribution in [0.2, 0.25) is 0 Å². The molecule has 1 aliphatic rings. The number of ketones is 1. The summed E-state index contributed by atoms with van der Waals surface area (Å²) in [5, 5.41) is 12.7. The van der Waals surface area contributed by atoms with Crippen LogP contribution in [-0.2, 0) is 4.79 Å². The standard InChI is InChI=1S/C14H17NO2/c1-10-6-7-12(14(17)8-10)15-9-11-4-2-3-5-13(11)16/h6-9,15,17H,2-5H2,1H3/b11-9-. The average molecular weight is 231 g/mol. The lowest BCUT2D eigenvalue weighted by Crippen LogP contribution is -2.09. The van der Waals surface area contributed by atoms with Gasteiger partial charge in [0.1, 0.15) is 5.75 Å². The molecule has 17 heavy (non-hydrogen) atoms. The van der Waals surface area contributed by atoms with Gasteiger partial charge in [-0.1, -0.05) is 6.07 Å². The van der Waals surface area contributed by atoms with Crippen LogP contribution >= 0.6 is 0 Å². The van der Waals surface area contributed by atoms with Gasteiger partial charge in [-0.2, -0.15) is 0 Å². The number of hydrogen-bond donors (Lipinski definition) is 2. The number of Topliss-reactive ketones (excluding diaryl/α,β-unsaturated/α-hetero) is 1. The van der Waals surface area contributed by atoms with E-state index < -0.39 is 0 Å². The number of benzene rings is 1. The second-order valence-corrected chi connectivity index (χ2v) is 4.46. The fraction of sp³-hybridized carbons (Fsp3) is 0.357. The maximum Gasteiger partial charge on any atom is 0.160 e. The van der Waals surface area contributed by atoms with Gasteiger partial charge in [-0.25, -0.2) is 0 Å². The van der Waals surface area contributed by atoms with Crippen LogP contribution in [-0.4, -0.2) is 10.9 Å². The van der Waals surface area contributed by atoms with E-state index in [-0.39, 0.29) is 11.5 Å². The first kappa shape index (κ1) is 11.7. The van der Waals surface area contributed by atoms with E-state index >= 15 is 0 Å². The molecule has 3 heteroatoms. The van der Waals surface area contributed by atoms with Crippen LogP contribution in [0.25, 0.3) is 0 Å². The molecule has 0 spiro atoms. The molecule has 0 aromatic heterocycles. The van der Waals surface area contributed by atoms with E-state index in [0.717, 1.165) is 30.4 Å². The molecule has 2 rings (SSSR count). The van der Waals surface area contributed by atoms with Crippen LogP contribution in [0.1, 0.15) is 31.2 Å². The summed E-state index contributed by atoms with van der Waals surface area (Å²) in [6.07, 6.45) is 5.27. The lowest BCUT2D eigenvalue weighted by Gasteiger charge is -2.13. The number of anilines is 1. The maximum atomic E-state index is 11.6. The van der Waals surface area contributed by atoms with Crippen molar-refractivity contribution < 1.29 is 9.90 Å². The molecule has 0 saturated heterocycles. The first-order valence-electron chi connectivity index (χ1n) is 5.95. The van der Waals surface area contributed by atoms with Gasteiger partial charge in [-0.3, -0.25) is 4.79 Å². The van der Waals surface area contributed by atoms with Gasteiger partial charge in [-0.05, 0) is 43.9 Å². The van der Waals surface area contributed by atoms with Crippen LogP contribution in [0.5, 0.6) is 5.75 Å². The second kappa shape index (κ2) is 5.04. The van der Waals surface area contributed by atoms with Crippen LogP contribution in [0.3, 0.4) is 0 Å². The molecule has 90 valence electrons. The molecule has 1 aliphatic carbocycles. The van der Waals surface area contributed by atoms with Gasteiger partial charge in [-0.15, -0.1) is 0 Å². The number of nitrogens with one attached hydrogen (secondary N) is 1. The van der Waals surface area contributed by atoms with Crippen molar-refractivity contribution in [1.29, 1.82) is 0 Å². The molecular weight excluding hydrogens is 214 g/mol. The van der Waals surface area contributed by atoms with Gasteiger partial charge in [0.15, 0.2) is 5.78 Å². The molecule has 1 aromatic rings. The number of aryl methyl sites for hydroxylation is 1. The lowest BCUT2D eigenvalue weighted by atomic mass is 9.94. The Bertz CT molecular complexity index is 463. The van der Waals surface area contributed by atoms with Crippen LogP contribution in [0, 0.1) is 6.92 Å². The van der Waals surface area contributed by atoms with Crippen molar-refractivity contribution in [2.75, 3.05) is 5.32 Å². The Hall–Kier alpha value is -1.77. The molecule has 0 radical (unpaired) electrons. The highest BCUT2D eigenvalue weighted by atomic mass is 16.3. The molecule has 0 amide bonds. The monoisotopic (exact) mass is 231 g/mol. The maximum absolute atomic E-state index is 11.6. The van der Waals surface area contributed by atoms with Crippen molar-refractivity contribution in [2.24, 2.45) is 0 Å². The van der Waals surface area contributed by atoms with E-state index in [1.54, 1.807) is 12.3 Å². The summed E-state index contributed by atoms with van der Waals surface area (Å²) in [7, 11) is 0. The summed E-state index contributed by atoms with van der Waals surface area (Å²) >= 11 is 0. The zero-order valence-corrected chi connectivity index (χ0v) is 9.99. The quantitative estimate of drug-likeness (QED) is 0.607. The van der Waals surface area contributed by atoms with Crippen molar-refractivity contribution in [3.05, 3.63) is 35.5 Å². The third-order valence-electron chi connectivity index (χ3n) is 3.01. The van der Waals surface area contributed by atoms with Gasteiger partial charge in [0.2, 0.25) is 0 Å². The molecule has 1 aromatic carbocycles. The largest absolute Gasteiger partial charge is 0.506 e. The van der Waals surface area contributed by atoms with E-state index in [2.05, 4.69) is 5.32 Å². The van der Waals surface area contributed by atoms with Crippen molar-refractivity contribution >= 4 is 11.5 Å². The Kier molecular flexibility index (Phi) is 3.47. The Morgan fingerprint density at radius 1 is 1.29 bits per heavy atom. The number of aromatic hydroxyl groups is 1. The Balaban J connectivity index is 2.10. The molecule has 0 atom stereocenters. The smallest absolute Gasteiger partial charge is 0.160 e. The molecule has 1 fully saturated rings. The van der Waals surface area contributed by atoms with Gasteiger partial charge >= 0.3 is 0 Å². The highest BCUT2D eigenvalue weighted by molar-refractivity contribution is 5.96. The molecule has 0 bridgehead atoms. The van der Waals surface area contributed by atoms with Crippen molar-refractivity contribution in [3.63, 3.8) is 0 Å². The number of rotatable bonds is 2. The predicted molar refractivity (Wildman–Crippen MR) is 68.0 cm³/mol. The van der Waals surface area contributed by atoms with Gasteiger partial charge < -0.3 is 10.4 Å². The highest BCUT2D eigenvalue weighted by Gasteiger charge is 2.14. The molecule has 2 N–H and O–H groups in total. The molecule has 0 heterocycles. The Morgan fingerprint density at radius 3 is 2.76 bits per heavy atom. The van der Waals surface area contributed by atoms with Crippen LogP contribution in [0.15, 0.2) is 30.0 Å². The number of carbonyl (C=O) groups is 1. The Labute approximate surface area is 101 Å². The van der Waals surface area contributed by atoms with E-state index in [1.807, 2.05) is 19.1 Å². The van der Waals surface area contributed by atoms with E-state index in [0.29, 0.717) is 12.1 Å². The fourth-order valence-electron chi connectivity index (χ4n) is 1.98. The van der Waals surface area contributed by atoms with Crippen molar-refractivity contribution in [3.8, 4) is 5.75 Å². The number of allylic oxidation sites excluding steroid dienone is 1. The normalized spacial score (nSPS) is 18.4. The zero-order chi connectivity index (χ0) is 12.3. The van der Waals surface area contributed by atoms with E-state index in [9.17, 15) is 9.90 Å². The summed E-state index contributed by atoms with van der Waals surface area (Å²) in [6.45, 7) is 1.92. The van der Waals surface area contributed by atoms with Crippen LogP contribution < -0.4 is 5.32 Å². The predicted octanol–water partition coefficient (Wildman–Crippen LogP) is 3.14. The first-order valence-corrected chi connectivity index (χ1v) is 5.95.